The molecule has 2 nitrogen and oxygen atoms in total. The van der Waals surface area contributed by atoms with Crippen LogP contribution in [0.15, 0.2) is 194 Å². The van der Waals surface area contributed by atoms with Crippen molar-refractivity contribution in [3.63, 3.8) is 0 Å². The molecular weight excluding hydrogens is 617 g/mol. The maximum atomic E-state index is 5.26. The van der Waals surface area contributed by atoms with Gasteiger partial charge in [0.05, 0.1) is 22.6 Å². The fourth-order valence-corrected chi connectivity index (χ4v) is 7.83. The summed E-state index contributed by atoms with van der Waals surface area (Å²) >= 11 is 0. The van der Waals surface area contributed by atoms with E-state index in [2.05, 4.69) is 199 Å². The molecule has 2 aromatic heterocycles. The Balaban J connectivity index is 1.33. The Morgan fingerprint density at radius 2 is 0.902 bits per heavy atom. The van der Waals surface area contributed by atoms with E-state index in [9.17, 15) is 0 Å². The molecule has 0 aliphatic carbocycles. The summed E-state index contributed by atoms with van der Waals surface area (Å²) < 4.78 is 2.41. The van der Waals surface area contributed by atoms with Crippen LogP contribution in [0.4, 0.5) is 0 Å². The maximum absolute atomic E-state index is 5.26. The van der Waals surface area contributed by atoms with Crippen LogP contribution in [0.5, 0.6) is 0 Å². The zero-order chi connectivity index (χ0) is 33.7. The summed E-state index contributed by atoms with van der Waals surface area (Å²) in [6.07, 6.45) is 0. The van der Waals surface area contributed by atoms with E-state index in [1.165, 1.54) is 54.6 Å². The molecule has 0 unspecified atom stereocenters. The van der Waals surface area contributed by atoms with Crippen LogP contribution >= 0.6 is 0 Å². The number of rotatable bonds is 5. The second kappa shape index (κ2) is 12.0. The predicted molar refractivity (Wildman–Crippen MR) is 215 cm³/mol. The number of hydrogen-bond donors (Lipinski definition) is 0. The molecule has 0 amide bonds. The fourth-order valence-electron chi connectivity index (χ4n) is 7.83. The first-order valence-corrected chi connectivity index (χ1v) is 17.5. The molecule has 0 spiro atoms. The van der Waals surface area contributed by atoms with Crippen LogP contribution in [0.25, 0.3) is 93.8 Å². The topological polar surface area (TPSA) is 17.8 Å². The summed E-state index contributed by atoms with van der Waals surface area (Å²) in [6, 6.07) is 70.0. The van der Waals surface area contributed by atoms with Crippen LogP contribution < -0.4 is 0 Å². The molecule has 2 heterocycles. The molecule has 0 bridgehead atoms. The van der Waals surface area contributed by atoms with Gasteiger partial charge in [0.1, 0.15) is 0 Å². The van der Waals surface area contributed by atoms with Crippen molar-refractivity contribution in [3.8, 4) is 50.6 Å². The predicted octanol–water partition coefficient (Wildman–Crippen LogP) is 13.2. The first kappa shape index (κ1) is 29.2. The third kappa shape index (κ3) is 4.92. The van der Waals surface area contributed by atoms with Gasteiger partial charge >= 0.3 is 0 Å². The smallest absolute Gasteiger partial charge is 0.0722 e. The first-order valence-electron chi connectivity index (χ1n) is 17.5. The molecule has 0 aliphatic heterocycles. The molecule has 0 saturated carbocycles. The Kier molecular flexibility index (Phi) is 6.85. The van der Waals surface area contributed by atoms with Crippen molar-refractivity contribution in [2.75, 3.05) is 0 Å². The highest BCUT2D eigenvalue weighted by molar-refractivity contribution is 6.22. The number of hydrogen-bond acceptors (Lipinski definition) is 1. The molecule has 10 rings (SSSR count). The van der Waals surface area contributed by atoms with Gasteiger partial charge in [-0.3, -0.25) is 0 Å². The highest BCUT2D eigenvalue weighted by Gasteiger charge is 2.20. The number of aromatic nitrogens is 2. The lowest BCUT2D eigenvalue weighted by molar-refractivity contribution is 1.10. The normalized spacial score (nSPS) is 11.5. The lowest BCUT2D eigenvalue weighted by atomic mass is 9.86. The fraction of sp³-hybridized carbons (Fsp3) is 0. The van der Waals surface area contributed by atoms with Crippen molar-refractivity contribution >= 4 is 43.2 Å². The number of para-hydroxylation sites is 1. The second-order valence-corrected chi connectivity index (χ2v) is 13.1. The van der Waals surface area contributed by atoms with E-state index >= 15 is 0 Å². The average molecular weight is 649 g/mol. The van der Waals surface area contributed by atoms with Gasteiger partial charge in [0.2, 0.25) is 0 Å². The van der Waals surface area contributed by atoms with Crippen LogP contribution in [0.2, 0.25) is 0 Å². The lowest BCUT2D eigenvalue weighted by Crippen LogP contribution is -2.00. The van der Waals surface area contributed by atoms with E-state index in [1.54, 1.807) is 0 Å². The third-order valence-corrected chi connectivity index (χ3v) is 10.2. The largest absolute Gasteiger partial charge is 0.309 e. The highest BCUT2D eigenvalue weighted by Crippen LogP contribution is 2.45. The van der Waals surface area contributed by atoms with E-state index in [-0.39, 0.29) is 0 Å². The summed E-state index contributed by atoms with van der Waals surface area (Å²) in [5.74, 6) is 0. The van der Waals surface area contributed by atoms with E-state index < -0.39 is 0 Å². The summed E-state index contributed by atoms with van der Waals surface area (Å²) in [7, 11) is 0. The molecule has 0 aliphatic rings. The molecule has 238 valence electrons. The summed E-state index contributed by atoms with van der Waals surface area (Å²) in [5.41, 5.74) is 11.3. The quantitative estimate of drug-likeness (QED) is 0.170. The number of pyridine rings is 1. The Morgan fingerprint density at radius 3 is 1.63 bits per heavy atom. The van der Waals surface area contributed by atoms with Crippen LogP contribution in [0, 0.1) is 0 Å². The molecule has 8 aromatic carbocycles. The molecule has 0 atom stereocenters. The van der Waals surface area contributed by atoms with Crippen LogP contribution in [-0.2, 0) is 0 Å². The Morgan fingerprint density at radius 1 is 0.333 bits per heavy atom. The lowest BCUT2D eigenvalue weighted by Gasteiger charge is -2.20. The molecule has 2 heteroatoms. The second-order valence-electron chi connectivity index (χ2n) is 13.1. The van der Waals surface area contributed by atoms with E-state index in [4.69, 9.17) is 4.98 Å². The van der Waals surface area contributed by atoms with E-state index in [0.717, 1.165) is 39.2 Å². The van der Waals surface area contributed by atoms with E-state index in [1.807, 2.05) is 0 Å². The van der Waals surface area contributed by atoms with Crippen molar-refractivity contribution in [1.29, 1.82) is 0 Å². The number of nitrogens with zero attached hydrogens (tertiary/aromatic N) is 2. The maximum Gasteiger partial charge on any atom is 0.0722 e. The minimum Gasteiger partial charge on any atom is -0.309 e. The Bertz CT molecular complexity index is 2840. The average Bonchev–Trinajstić information content (AvgIpc) is 3.65. The van der Waals surface area contributed by atoms with Crippen molar-refractivity contribution in [3.05, 3.63) is 194 Å². The minimum absolute atomic E-state index is 0.976. The first-order chi connectivity index (χ1) is 25.3. The zero-order valence-electron chi connectivity index (χ0n) is 27.9. The SMILES string of the molecule is c1ccc(-c2ccc(-c3ccccc3)n2-c2ccc3c(-c4ccc5ccccc5n4)c4ccccc4c(-c4ccc5ccccc5c4)c3c2)cc1. The van der Waals surface area contributed by atoms with Gasteiger partial charge in [-0.25, -0.2) is 4.98 Å². The summed E-state index contributed by atoms with van der Waals surface area (Å²) in [6.45, 7) is 0. The van der Waals surface area contributed by atoms with Crippen LogP contribution in [-0.4, -0.2) is 9.55 Å². The molecule has 0 radical (unpaired) electrons. The summed E-state index contributed by atoms with van der Waals surface area (Å²) in [5, 5.41) is 8.38. The highest BCUT2D eigenvalue weighted by atomic mass is 15.0. The van der Waals surface area contributed by atoms with Crippen molar-refractivity contribution < 1.29 is 0 Å². The van der Waals surface area contributed by atoms with Gasteiger partial charge in [0.15, 0.2) is 0 Å². The standard InChI is InChI=1S/C49H32N2/c1-3-15-35(16-4-1)46-29-30-47(36-17-5-2-6-18-36)51(46)39-26-27-42-43(32-39)48(38-24-23-33-13-7-8-19-37(33)31-38)40-20-10-11-21-41(40)49(42)45-28-25-34-14-9-12-22-44(34)50-45/h1-32H. The van der Waals surface area contributed by atoms with Gasteiger partial charge in [-0.2, -0.15) is 0 Å². The molecule has 0 N–H and O–H groups in total. The Hall–Kier alpha value is -6.77. The molecular formula is C49H32N2. The summed E-state index contributed by atoms with van der Waals surface area (Å²) in [4.78, 5) is 5.26. The Labute approximate surface area is 296 Å². The minimum atomic E-state index is 0.976. The number of benzene rings is 8. The molecule has 0 saturated heterocycles. The van der Waals surface area contributed by atoms with Gasteiger partial charge in [-0.1, -0.05) is 152 Å². The van der Waals surface area contributed by atoms with Crippen molar-refractivity contribution in [2.45, 2.75) is 0 Å². The van der Waals surface area contributed by atoms with E-state index in [0.29, 0.717) is 0 Å². The van der Waals surface area contributed by atoms with Crippen molar-refractivity contribution in [2.24, 2.45) is 0 Å². The molecule has 51 heavy (non-hydrogen) atoms. The van der Waals surface area contributed by atoms with Gasteiger partial charge in [0.25, 0.3) is 0 Å². The van der Waals surface area contributed by atoms with Gasteiger partial charge < -0.3 is 4.57 Å². The monoisotopic (exact) mass is 648 g/mol. The van der Waals surface area contributed by atoms with Crippen LogP contribution in [0.3, 0.4) is 0 Å². The van der Waals surface area contributed by atoms with Gasteiger partial charge in [-0.05, 0) is 97.0 Å². The van der Waals surface area contributed by atoms with Gasteiger partial charge in [-0.15, -0.1) is 0 Å². The molecule has 10 aromatic rings. The zero-order valence-corrected chi connectivity index (χ0v) is 27.9. The van der Waals surface area contributed by atoms with Crippen LogP contribution in [0.1, 0.15) is 0 Å². The third-order valence-electron chi connectivity index (χ3n) is 10.2. The molecule has 0 fully saturated rings. The van der Waals surface area contributed by atoms with Gasteiger partial charge in [0, 0.05) is 16.6 Å². The van der Waals surface area contributed by atoms with Crippen molar-refractivity contribution in [1.82, 2.24) is 9.55 Å². The number of fused-ring (bicyclic) bond motifs is 4.